The van der Waals surface area contributed by atoms with Crippen LogP contribution in [0.3, 0.4) is 0 Å². The molecule has 1 unspecified atom stereocenters. The third-order valence-electron chi connectivity index (χ3n) is 2.98. The minimum absolute atomic E-state index is 0.0178. The van der Waals surface area contributed by atoms with Crippen LogP contribution in [-0.2, 0) is 0 Å². The molecule has 0 saturated heterocycles. The fourth-order valence-corrected chi connectivity index (χ4v) is 1.87. The van der Waals surface area contributed by atoms with Crippen LogP contribution < -0.4 is 10.1 Å². The van der Waals surface area contributed by atoms with Crippen molar-refractivity contribution < 1.29 is 13.9 Å². The van der Waals surface area contributed by atoms with Crippen LogP contribution in [0.5, 0.6) is 5.75 Å². The van der Waals surface area contributed by atoms with Gasteiger partial charge in [0.25, 0.3) is 5.91 Å². The predicted octanol–water partition coefficient (Wildman–Crippen LogP) is 2.44. The number of hydrogen-bond donors (Lipinski definition) is 2. The molecule has 0 fully saturated rings. The van der Waals surface area contributed by atoms with E-state index >= 15 is 0 Å². The number of H-pyrrole nitrogens is 1. The minimum atomic E-state index is -0.615. The Bertz CT molecular complexity index is 584. The molecule has 6 heteroatoms. The van der Waals surface area contributed by atoms with Gasteiger partial charge in [-0.1, -0.05) is 6.92 Å². The van der Waals surface area contributed by atoms with Gasteiger partial charge in [0.1, 0.15) is 17.4 Å². The molecular weight excluding hydrogens is 261 g/mol. The van der Waals surface area contributed by atoms with Gasteiger partial charge < -0.3 is 15.0 Å². The Labute approximate surface area is 116 Å². The van der Waals surface area contributed by atoms with Crippen molar-refractivity contribution in [2.24, 2.45) is 0 Å². The number of amides is 1. The van der Waals surface area contributed by atoms with Gasteiger partial charge in [-0.2, -0.15) is 0 Å². The van der Waals surface area contributed by atoms with Crippen LogP contribution in [0.1, 0.15) is 35.6 Å². The molecule has 2 aromatic rings. The number of hydrogen-bond acceptors (Lipinski definition) is 3. The van der Waals surface area contributed by atoms with Crippen molar-refractivity contribution in [3.05, 3.63) is 47.8 Å². The SMILES string of the molecule is CCC(NC(=O)c1ccc(OC)cc1F)c1ncc[nH]1. The van der Waals surface area contributed by atoms with Crippen LogP contribution in [0.25, 0.3) is 0 Å². The highest BCUT2D eigenvalue weighted by atomic mass is 19.1. The summed E-state index contributed by atoms with van der Waals surface area (Å²) >= 11 is 0. The number of carbonyl (C=O) groups is 1. The van der Waals surface area contributed by atoms with E-state index in [0.29, 0.717) is 18.0 Å². The monoisotopic (exact) mass is 277 g/mol. The number of ether oxygens (including phenoxy) is 1. The summed E-state index contributed by atoms with van der Waals surface area (Å²) < 4.78 is 18.7. The molecule has 0 spiro atoms. The van der Waals surface area contributed by atoms with Crippen molar-refractivity contribution in [3.8, 4) is 5.75 Å². The largest absolute Gasteiger partial charge is 0.497 e. The van der Waals surface area contributed by atoms with E-state index in [1.807, 2.05) is 6.92 Å². The number of nitrogens with zero attached hydrogens (tertiary/aromatic N) is 1. The number of rotatable bonds is 5. The van der Waals surface area contributed by atoms with Gasteiger partial charge in [0.15, 0.2) is 0 Å². The minimum Gasteiger partial charge on any atom is -0.497 e. The first-order valence-electron chi connectivity index (χ1n) is 6.29. The molecule has 2 N–H and O–H groups in total. The molecule has 0 aliphatic carbocycles. The van der Waals surface area contributed by atoms with Crippen molar-refractivity contribution in [1.82, 2.24) is 15.3 Å². The average molecular weight is 277 g/mol. The molecule has 1 heterocycles. The molecule has 106 valence electrons. The van der Waals surface area contributed by atoms with Crippen LogP contribution in [0.2, 0.25) is 0 Å². The molecule has 5 nitrogen and oxygen atoms in total. The lowest BCUT2D eigenvalue weighted by atomic mass is 10.1. The van der Waals surface area contributed by atoms with E-state index in [-0.39, 0.29) is 11.6 Å². The van der Waals surface area contributed by atoms with Gasteiger partial charge in [-0.3, -0.25) is 4.79 Å². The lowest BCUT2D eigenvalue weighted by Gasteiger charge is -2.15. The van der Waals surface area contributed by atoms with Gasteiger partial charge in [-0.25, -0.2) is 9.37 Å². The Morgan fingerprint density at radius 3 is 2.90 bits per heavy atom. The number of aromatic nitrogens is 2. The van der Waals surface area contributed by atoms with Crippen molar-refractivity contribution in [1.29, 1.82) is 0 Å². The maximum atomic E-state index is 13.8. The number of carbonyl (C=O) groups excluding carboxylic acids is 1. The van der Waals surface area contributed by atoms with Crippen LogP contribution in [-0.4, -0.2) is 23.0 Å². The number of imidazole rings is 1. The fourth-order valence-electron chi connectivity index (χ4n) is 1.87. The number of methoxy groups -OCH3 is 1. The van der Waals surface area contributed by atoms with E-state index in [1.54, 1.807) is 18.5 Å². The van der Waals surface area contributed by atoms with Crippen LogP contribution in [0.15, 0.2) is 30.6 Å². The molecule has 1 amide bonds. The quantitative estimate of drug-likeness (QED) is 0.882. The first kappa shape index (κ1) is 14.0. The molecule has 2 rings (SSSR count). The number of benzene rings is 1. The zero-order valence-corrected chi connectivity index (χ0v) is 11.3. The van der Waals surface area contributed by atoms with E-state index in [0.717, 1.165) is 0 Å². The lowest BCUT2D eigenvalue weighted by Crippen LogP contribution is -2.29. The standard InChI is InChI=1S/C14H16FN3O2/c1-3-12(13-16-6-7-17-13)18-14(19)10-5-4-9(20-2)8-11(10)15/h4-8,12H,3H2,1-2H3,(H,16,17)(H,18,19). The van der Waals surface area contributed by atoms with E-state index in [2.05, 4.69) is 15.3 Å². The second-order valence-corrected chi connectivity index (χ2v) is 4.25. The molecule has 1 aromatic carbocycles. The predicted molar refractivity (Wildman–Crippen MR) is 72.0 cm³/mol. The van der Waals surface area contributed by atoms with Crippen LogP contribution in [0.4, 0.5) is 4.39 Å². The zero-order valence-electron chi connectivity index (χ0n) is 11.3. The van der Waals surface area contributed by atoms with E-state index in [4.69, 9.17) is 4.74 Å². The van der Waals surface area contributed by atoms with Crippen molar-refractivity contribution in [2.45, 2.75) is 19.4 Å². The molecule has 0 bridgehead atoms. The third kappa shape index (κ3) is 2.96. The number of halogens is 1. The molecule has 0 aliphatic heterocycles. The molecule has 0 aliphatic rings. The summed E-state index contributed by atoms with van der Waals surface area (Å²) in [4.78, 5) is 19.1. The summed E-state index contributed by atoms with van der Waals surface area (Å²) in [6.07, 6.45) is 3.94. The topological polar surface area (TPSA) is 67.0 Å². The fraction of sp³-hybridized carbons (Fsp3) is 0.286. The summed E-state index contributed by atoms with van der Waals surface area (Å²) in [6.45, 7) is 1.91. The van der Waals surface area contributed by atoms with Gasteiger partial charge in [-0.15, -0.1) is 0 Å². The van der Waals surface area contributed by atoms with Gasteiger partial charge in [0.2, 0.25) is 0 Å². The van der Waals surface area contributed by atoms with Gasteiger partial charge >= 0.3 is 0 Å². The first-order valence-corrected chi connectivity index (χ1v) is 6.29. The second-order valence-electron chi connectivity index (χ2n) is 4.25. The van der Waals surface area contributed by atoms with Crippen molar-refractivity contribution in [3.63, 3.8) is 0 Å². The van der Waals surface area contributed by atoms with Gasteiger partial charge in [0, 0.05) is 18.5 Å². The summed E-state index contributed by atoms with van der Waals surface area (Å²) in [7, 11) is 1.44. The highest BCUT2D eigenvalue weighted by molar-refractivity contribution is 5.94. The average Bonchev–Trinajstić information content (AvgIpc) is 2.98. The molecule has 1 atom stereocenters. The summed E-state index contributed by atoms with van der Waals surface area (Å²) in [6, 6.07) is 3.85. The van der Waals surface area contributed by atoms with Crippen molar-refractivity contribution in [2.75, 3.05) is 7.11 Å². The maximum absolute atomic E-state index is 13.8. The Kier molecular flexibility index (Phi) is 4.34. The lowest BCUT2D eigenvalue weighted by molar-refractivity contribution is 0.0929. The van der Waals surface area contributed by atoms with Gasteiger partial charge in [0.05, 0.1) is 18.7 Å². The number of nitrogens with one attached hydrogen (secondary N) is 2. The highest BCUT2D eigenvalue weighted by Gasteiger charge is 2.18. The Balaban J connectivity index is 2.15. The summed E-state index contributed by atoms with van der Waals surface area (Å²) in [5.74, 6) is -0.0727. The molecule has 0 saturated carbocycles. The van der Waals surface area contributed by atoms with Gasteiger partial charge in [-0.05, 0) is 18.6 Å². The third-order valence-corrected chi connectivity index (χ3v) is 2.98. The van der Waals surface area contributed by atoms with Crippen molar-refractivity contribution >= 4 is 5.91 Å². The molecular formula is C14H16FN3O2. The Morgan fingerprint density at radius 2 is 2.35 bits per heavy atom. The summed E-state index contributed by atoms with van der Waals surface area (Å²) in [5.41, 5.74) is -0.0178. The first-order chi connectivity index (χ1) is 9.65. The smallest absolute Gasteiger partial charge is 0.254 e. The summed E-state index contributed by atoms with van der Waals surface area (Å²) in [5, 5.41) is 2.75. The Morgan fingerprint density at radius 1 is 1.55 bits per heavy atom. The Hall–Kier alpha value is -2.37. The number of aromatic amines is 1. The van der Waals surface area contributed by atoms with Crippen LogP contribution >= 0.6 is 0 Å². The second kappa shape index (κ2) is 6.18. The zero-order chi connectivity index (χ0) is 14.5. The maximum Gasteiger partial charge on any atom is 0.254 e. The van der Waals surface area contributed by atoms with E-state index in [1.165, 1.54) is 19.2 Å². The normalized spacial score (nSPS) is 11.9. The highest BCUT2D eigenvalue weighted by Crippen LogP contribution is 2.18. The van der Waals surface area contributed by atoms with Crippen LogP contribution in [0, 0.1) is 5.82 Å². The molecule has 1 aromatic heterocycles. The van der Waals surface area contributed by atoms with E-state index in [9.17, 15) is 9.18 Å². The molecule has 0 radical (unpaired) electrons. The molecule has 20 heavy (non-hydrogen) atoms. The van der Waals surface area contributed by atoms with E-state index < -0.39 is 11.7 Å².